The van der Waals surface area contributed by atoms with Gasteiger partial charge in [0.15, 0.2) is 17.3 Å². The van der Waals surface area contributed by atoms with Crippen molar-refractivity contribution < 1.29 is 0 Å². The molecule has 5 rings (SSSR count). The van der Waals surface area contributed by atoms with Gasteiger partial charge in [-0.25, -0.2) is 9.67 Å². The molecule has 0 spiro atoms. The molecule has 1 aliphatic heterocycles. The maximum absolute atomic E-state index is 4.61. The lowest BCUT2D eigenvalue weighted by molar-refractivity contribution is 0.424. The number of nitrogens with one attached hydrogen (secondary N) is 1. The summed E-state index contributed by atoms with van der Waals surface area (Å²) >= 11 is 0. The molecule has 5 heterocycles. The SMILES string of the molecule is Cc1nnc2ccc(N3CC(CNc4cncc(-n5cccn5)n4)C3)nn12. The molecule has 10 heteroatoms. The van der Waals surface area contributed by atoms with Crippen LogP contribution < -0.4 is 10.2 Å². The largest absolute Gasteiger partial charge is 0.368 e. The van der Waals surface area contributed by atoms with E-state index in [1.807, 2.05) is 31.3 Å². The second kappa shape index (κ2) is 6.31. The zero-order valence-corrected chi connectivity index (χ0v) is 14.8. The van der Waals surface area contributed by atoms with Crippen molar-refractivity contribution in [2.24, 2.45) is 5.92 Å². The number of aryl methyl sites for hydroxylation is 1. The van der Waals surface area contributed by atoms with E-state index in [1.165, 1.54) is 0 Å². The highest BCUT2D eigenvalue weighted by atomic mass is 15.4. The fourth-order valence-electron chi connectivity index (χ4n) is 3.15. The minimum absolute atomic E-state index is 0.527. The van der Waals surface area contributed by atoms with Crippen LogP contribution in [0.1, 0.15) is 5.82 Å². The Kier molecular flexibility index (Phi) is 3.66. The first-order valence-corrected chi connectivity index (χ1v) is 8.76. The summed E-state index contributed by atoms with van der Waals surface area (Å²) in [5.74, 6) is 3.71. The number of nitrogens with zero attached hydrogens (tertiary/aromatic N) is 9. The van der Waals surface area contributed by atoms with Crippen molar-refractivity contribution in [1.29, 1.82) is 0 Å². The van der Waals surface area contributed by atoms with Crippen molar-refractivity contribution in [2.75, 3.05) is 29.9 Å². The predicted molar refractivity (Wildman–Crippen MR) is 98.9 cm³/mol. The van der Waals surface area contributed by atoms with Crippen molar-refractivity contribution in [3.63, 3.8) is 0 Å². The Bertz CT molecular complexity index is 1060. The zero-order chi connectivity index (χ0) is 18.2. The van der Waals surface area contributed by atoms with E-state index in [9.17, 15) is 0 Å². The Balaban J connectivity index is 1.19. The van der Waals surface area contributed by atoms with Crippen LogP contribution in [0.15, 0.2) is 43.0 Å². The summed E-state index contributed by atoms with van der Waals surface area (Å²) < 4.78 is 3.47. The summed E-state index contributed by atoms with van der Waals surface area (Å²) in [7, 11) is 0. The van der Waals surface area contributed by atoms with Crippen LogP contribution in [0.2, 0.25) is 0 Å². The Morgan fingerprint density at radius 2 is 2.07 bits per heavy atom. The maximum Gasteiger partial charge on any atom is 0.178 e. The quantitative estimate of drug-likeness (QED) is 0.560. The first kappa shape index (κ1) is 15.7. The van der Waals surface area contributed by atoms with Gasteiger partial charge in [-0.2, -0.15) is 9.61 Å². The summed E-state index contributed by atoms with van der Waals surface area (Å²) in [4.78, 5) is 11.0. The average Bonchev–Trinajstić information content (AvgIpc) is 3.31. The molecule has 4 aromatic heterocycles. The Hall–Kier alpha value is -3.56. The number of anilines is 2. The zero-order valence-electron chi connectivity index (χ0n) is 14.8. The second-order valence-electron chi connectivity index (χ2n) is 6.57. The Labute approximate surface area is 154 Å². The number of rotatable bonds is 5. The first-order chi connectivity index (χ1) is 13.3. The van der Waals surface area contributed by atoms with Crippen molar-refractivity contribution in [3.8, 4) is 5.82 Å². The fourth-order valence-corrected chi connectivity index (χ4v) is 3.15. The molecule has 4 aromatic rings. The van der Waals surface area contributed by atoms with E-state index in [0.29, 0.717) is 11.7 Å². The van der Waals surface area contributed by atoms with Crippen LogP contribution in [0, 0.1) is 12.8 Å². The highest BCUT2D eigenvalue weighted by Crippen LogP contribution is 2.23. The molecule has 0 bridgehead atoms. The van der Waals surface area contributed by atoms with E-state index < -0.39 is 0 Å². The van der Waals surface area contributed by atoms with Crippen molar-refractivity contribution in [3.05, 3.63) is 48.8 Å². The van der Waals surface area contributed by atoms with Gasteiger partial charge in [-0.15, -0.1) is 15.3 Å². The number of fused-ring (bicyclic) bond motifs is 1. The molecule has 136 valence electrons. The van der Waals surface area contributed by atoms with Crippen LogP contribution in [0.4, 0.5) is 11.6 Å². The van der Waals surface area contributed by atoms with Gasteiger partial charge in [0.1, 0.15) is 11.6 Å². The molecule has 10 nitrogen and oxygen atoms in total. The summed E-state index contributed by atoms with van der Waals surface area (Å²) in [6.07, 6.45) is 6.99. The van der Waals surface area contributed by atoms with Gasteiger partial charge in [0, 0.05) is 37.9 Å². The summed E-state index contributed by atoms with van der Waals surface area (Å²) in [5, 5.41) is 20.3. The third-order valence-corrected chi connectivity index (χ3v) is 4.62. The molecular formula is C17H18N10. The van der Waals surface area contributed by atoms with Gasteiger partial charge in [0.05, 0.1) is 12.4 Å². The molecule has 27 heavy (non-hydrogen) atoms. The molecule has 1 saturated heterocycles. The molecular weight excluding hydrogens is 344 g/mol. The van der Waals surface area contributed by atoms with Crippen molar-refractivity contribution in [1.82, 2.24) is 39.6 Å². The van der Waals surface area contributed by atoms with Gasteiger partial charge in [0.2, 0.25) is 0 Å². The smallest absolute Gasteiger partial charge is 0.178 e. The van der Waals surface area contributed by atoms with Crippen molar-refractivity contribution in [2.45, 2.75) is 6.92 Å². The molecule has 0 unspecified atom stereocenters. The van der Waals surface area contributed by atoms with E-state index >= 15 is 0 Å². The summed E-state index contributed by atoms with van der Waals surface area (Å²) in [6, 6.07) is 5.80. The van der Waals surface area contributed by atoms with Crippen LogP contribution in [-0.4, -0.2) is 59.2 Å². The van der Waals surface area contributed by atoms with Gasteiger partial charge in [-0.3, -0.25) is 4.98 Å². The molecule has 1 aliphatic rings. The lowest BCUT2D eigenvalue weighted by Gasteiger charge is -2.40. The lowest BCUT2D eigenvalue weighted by Crippen LogP contribution is -2.50. The molecule has 0 aliphatic carbocycles. The van der Waals surface area contributed by atoms with E-state index in [2.05, 4.69) is 40.6 Å². The third-order valence-electron chi connectivity index (χ3n) is 4.62. The third kappa shape index (κ3) is 2.94. The van der Waals surface area contributed by atoms with Gasteiger partial charge in [0.25, 0.3) is 0 Å². The molecule has 1 N–H and O–H groups in total. The average molecular weight is 362 g/mol. The number of hydrogen-bond acceptors (Lipinski definition) is 8. The van der Waals surface area contributed by atoms with Crippen LogP contribution in [0.5, 0.6) is 0 Å². The summed E-state index contributed by atoms with van der Waals surface area (Å²) in [5.41, 5.74) is 0.769. The highest BCUT2D eigenvalue weighted by Gasteiger charge is 2.28. The monoisotopic (exact) mass is 362 g/mol. The van der Waals surface area contributed by atoms with E-state index in [4.69, 9.17) is 0 Å². The highest BCUT2D eigenvalue weighted by molar-refractivity contribution is 5.47. The van der Waals surface area contributed by atoms with Gasteiger partial charge >= 0.3 is 0 Å². The number of aromatic nitrogens is 8. The first-order valence-electron chi connectivity index (χ1n) is 8.76. The lowest BCUT2D eigenvalue weighted by atomic mass is 10.0. The second-order valence-corrected chi connectivity index (χ2v) is 6.57. The van der Waals surface area contributed by atoms with E-state index in [1.54, 1.807) is 27.8 Å². The van der Waals surface area contributed by atoms with Crippen LogP contribution in [0.3, 0.4) is 0 Å². The summed E-state index contributed by atoms with van der Waals surface area (Å²) in [6.45, 7) is 4.62. The minimum atomic E-state index is 0.527. The van der Waals surface area contributed by atoms with E-state index in [-0.39, 0.29) is 0 Å². The fraction of sp³-hybridized carbons (Fsp3) is 0.294. The molecule has 0 amide bonds. The topological polar surface area (TPSA) is 102 Å². The molecule has 0 aromatic carbocycles. The minimum Gasteiger partial charge on any atom is -0.368 e. The normalized spacial score (nSPS) is 14.5. The van der Waals surface area contributed by atoms with Crippen LogP contribution in [0.25, 0.3) is 11.5 Å². The van der Waals surface area contributed by atoms with Gasteiger partial charge in [-0.05, 0) is 25.1 Å². The van der Waals surface area contributed by atoms with Crippen LogP contribution >= 0.6 is 0 Å². The van der Waals surface area contributed by atoms with Crippen molar-refractivity contribution >= 4 is 17.3 Å². The number of hydrogen-bond donors (Lipinski definition) is 1. The van der Waals surface area contributed by atoms with E-state index in [0.717, 1.165) is 42.7 Å². The molecule has 1 fully saturated rings. The molecule has 0 saturated carbocycles. The van der Waals surface area contributed by atoms with Gasteiger partial charge < -0.3 is 10.2 Å². The molecule has 0 radical (unpaired) electrons. The van der Waals surface area contributed by atoms with Gasteiger partial charge in [-0.1, -0.05) is 0 Å². The Morgan fingerprint density at radius 1 is 1.15 bits per heavy atom. The predicted octanol–water partition coefficient (Wildman–Crippen LogP) is 0.957. The molecule has 0 atom stereocenters. The maximum atomic E-state index is 4.61. The van der Waals surface area contributed by atoms with Crippen LogP contribution in [-0.2, 0) is 0 Å². The Morgan fingerprint density at radius 3 is 2.93 bits per heavy atom. The standard InChI is InChI=1S/C17H18N10/c1-12-22-23-15-3-4-16(24-27(12)15)25-10-13(11-25)7-19-14-8-18-9-17(21-14)26-6-2-5-20-26/h2-6,8-9,13H,7,10-11H2,1H3,(H,19,21).